The van der Waals surface area contributed by atoms with Gasteiger partial charge in [0.2, 0.25) is 5.91 Å². The van der Waals surface area contributed by atoms with Crippen molar-refractivity contribution in [2.24, 2.45) is 0 Å². The molecular weight excluding hydrogens is 326 g/mol. The molecule has 26 heavy (non-hydrogen) atoms. The van der Waals surface area contributed by atoms with Crippen LogP contribution in [0.4, 0.5) is 0 Å². The predicted octanol–water partition coefficient (Wildman–Crippen LogP) is 2.86. The van der Waals surface area contributed by atoms with E-state index in [1.165, 1.54) is 11.9 Å². The van der Waals surface area contributed by atoms with Crippen LogP contribution in [-0.4, -0.2) is 25.7 Å². The normalized spacial score (nSPS) is 11.3. The smallest absolute Gasteiger partial charge is 0.244 e. The van der Waals surface area contributed by atoms with Crippen LogP contribution in [0.1, 0.15) is 24.5 Å². The number of benzene rings is 1. The van der Waals surface area contributed by atoms with Crippen molar-refractivity contribution in [3.05, 3.63) is 84.1 Å². The molecule has 2 heterocycles. The van der Waals surface area contributed by atoms with E-state index in [9.17, 15) is 4.79 Å². The van der Waals surface area contributed by atoms with E-state index in [2.05, 4.69) is 32.5 Å². The first-order valence-electron chi connectivity index (χ1n) is 8.50. The summed E-state index contributed by atoms with van der Waals surface area (Å²) in [6.45, 7) is 2.36. The van der Waals surface area contributed by atoms with Crippen molar-refractivity contribution in [1.29, 1.82) is 0 Å². The highest BCUT2D eigenvalue weighted by Gasteiger charge is 2.07. The van der Waals surface area contributed by atoms with Gasteiger partial charge in [-0.25, -0.2) is 14.6 Å². The molecular formula is C20H21N5O. The highest BCUT2D eigenvalue weighted by Crippen LogP contribution is 2.10. The maximum Gasteiger partial charge on any atom is 0.244 e. The summed E-state index contributed by atoms with van der Waals surface area (Å²) in [4.78, 5) is 20.4. The van der Waals surface area contributed by atoms with Crippen LogP contribution in [0, 0.1) is 0 Å². The van der Waals surface area contributed by atoms with Crippen molar-refractivity contribution in [2.45, 2.75) is 26.3 Å². The molecule has 1 amide bonds. The van der Waals surface area contributed by atoms with Crippen molar-refractivity contribution >= 4 is 5.91 Å². The molecule has 0 saturated heterocycles. The fourth-order valence-electron chi connectivity index (χ4n) is 2.61. The maximum atomic E-state index is 12.2. The van der Waals surface area contributed by atoms with Crippen LogP contribution in [0.2, 0.25) is 0 Å². The Labute approximate surface area is 152 Å². The van der Waals surface area contributed by atoms with Gasteiger partial charge in [-0.2, -0.15) is 5.10 Å². The average Bonchev–Trinajstić information content (AvgIpc) is 3.20. The summed E-state index contributed by atoms with van der Waals surface area (Å²) >= 11 is 0. The number of pyridine rings is 1. The first-order valence-corrected chi connectivity index (χ1v) is 8.50. The van der Waals surface area contributed by atoms with Gasteiger partial charge in [0.15, 0.2) is 5.82 Å². The van der Waals surface area contributed by atoms with E-state index in [0.29, 0.717) is 12.4 Å². The molecule has 6 heteroatoms. The van der Waals surface area contributed by atoms with Crippen molar-refractivity contribution in [3.63, 3.8) is 0 Å². The van der Waals surface area contributed by atoms with Gasteiger partial charge in [-0.1, -0.05) is 42.0 Å². The number of aromatic nitrogens is 4. The highest BCUT2D eigenvalue weighted by molar-refractivity contribution is 5.88. The lowest BCUT2D eigenvalue weighted by molar-refractivity contribution is -0.116. The number of amides is 1. The first-order chi connectivity index (χ1) is 12.7. The summed E-state index contributed by atoms with van der Waals surface area (Å²) in [5.74, 6) is 0.555. The summed E-state index contributed by atoms with van der Waals surface area (Å²) in [5, 5.41) is 7.01. The van der Waals surface area contributed by atoms with Gasteiger partial charge in [0, 0.05) is 24.4 Å². The minimum atomic E-state index is -0.107. The molecule has 0 radical (unpaired) electrons. The monoisotopic (exact) mass is 347 g/mol. The van der Waals surface area contributed by atoms with Crippen molar-refractivity contribution in [2.75, 3.05) is 0 Å². The summed E-state index contributed by atoms with van der Waals surface area (Å²) < 4.78 is 1.59. The molecule has 0 atom stereocenters. The number of nitrogens with one attached hydrogen (secondary N) is 1. The van der Waals surface area contributed by atoms with Gasteiger partial charge in [0.05, 0.1) is 0 Å². The number of nitrogens with zero attached hydrogens (tertiary/aromatic N) is 4. The Bertz CT molecular complexity index is 872. The number of hydrogen-bond acceptors (Lipinski definition) is 4. The topological polar surface area (TPSA) is 72.7 Å². The van der Waals surface area contributed by atoms with Gasteiger partial charge in [-0.05, 0) is 31.4 Å². The van der Waals surface area contributed by atoms with E-state index in [1.807, 2.05) is 37.3 Å². The Kier molecular flexibility index (Phi) is 5.88. The molecule has 0 aliphatic heterocycles. The highest BCUT2D eigenvalue weighted by atomic mass is 16.1. The predicted molar refractivity (Wildman–Crippen MR) is 99.5 cm³/mol. The standard InChI is InChI=1S/C20H21N5O/c1-16(9-10-17-6-3-2-4-7-17)12-19(26)23-13-18-8-5-11-22-20(18)25-15-21-14-24-25/h2-8,11-12,14-15H,9-10,13H2,1H3,(H,23,26)/b16-12-. The fourth-order valence-corrected chi connectivity index (χ4v) is 2.61. The molecule has 0 fully saturated rings. The molecule has 1 aromatic carbocycles. The molecule has 3 aromatic rings. The Balaban J connectivity index is 1.56. The van der Waals surface area contributed by atoms with Crippen molar-refractivity contribution in [1.82, 2.24) is 25.1 Å². The minimum Gasteiger partial charge on any atom is -0.348 e. The van der Waals surface area contributed by atoms with Crippen LogP contribution in [0.3, 0.4) is 0 Å². The molecule has 132 valence electrons. The quantitative estimate of drug-likeness (QED) is 0.667. The molecule has 1 N–H and O–H groups in total. The van der Waals surface area contributed by atoms with Gasteiger partial charge < -0.3 is 5.32 Å². The number of carbonyl (C=O) groups excluding carboxylic acids is 1. The van der Waals surface area contributed by atoms with E-state index in [4.69, 9.17) is 0 Å². The fraction of sp³-hybridized carbons (Fsp3) is 0.200. The Morgan fingerprint density at radius 3 is 2.81 bits per heavy atom. The molecule has 0 bridgehead atoms. The lowest BCUT2D eigenvalue weighted by atomic mass is 10.1. The van der Waals surface area contributed by atoms with Crippen LogP contribution in [0.5, 0.6) is 0 Å². The van der Waals surface area contributed by atoms with E-state index < -0.39 is 0 Å². The van der Waals surface area contributed by atoms with Gasteiger partial charge in [0.1, 0.15) is 12.7 Å². The third-order valence-electron chi connectivity index (χ3n) is 3.98. The van der Waals surface area contributed by atoms with Crippen LogP contribution in [-0.2, 0) is 17.8 Å². The molecule has 2 aromatic heterocycles. The third kappa shape index (κ3) is 4.86. The summed E-state index contributed by atoms with van der Waals surface area (Å²) in [6, 6.07) is 14.0. The summed E-state index contributed by atoms with van der Waals surface area (Å²) in [5.41, 5.74) is 3.20. The Morgan fingerprint density at radius 2 is 2.04 bits per heavy atom. The van der Waals surface area contributed by atoms with Gasteiger partial charge in [0.25, 0.3) is 0 Å². The van der Waals surface area contributed by atoms with E-state index in [-0.39, 0.29) is 5.91 Å². The van der Waals surface area contributed by atoms with Crippen LogP contribution < -0.4 is 5.32 Å². The van der Waals surface area contributed by atoms with Gasteiger partial charge in [-0.3, -0.25) is 4.79 Å². The molecule has 6 nitrogen and oxygen atoms in total. The molecule has 3 rings (SSSR count). The van der Waals surface area contributed by atoms with Gasteiger partial charge in [-0.15, -0.1) is 0 Å². The van der Waals surface area contributed by atoms with E-state index in [0.717, 1.165) is 24.0 Å². The second kappa shape index (κ2) is 8.71. The SMILES string of the molecule is C/C(=C/C(=O)NCc1cccnc1-n1cncn1)CCc1ccccc1. The van der Waals surface area contributed by atoms with Crippen LogP contribution in [0.15, 0.2) is 73.0 Å². The lowest BCUT2D eigenvalue weighted by Crippen LogP contribution is -2.22. The molecule has 0 unspecified atom stereocenters. The number of aryl methyl sites for hydroxylation is 1. The van der Waals surface area contributed by atoms with E-state index in [1.54, 1.807) is 23.3 Å². The molecule has 0 spiro atoms. The zero-order chi connectivity index (χ0) is 18.2. The van der Waals surface area contributed by atoms with E-state index >= 15 is 0 Å². The van der Waals surface area contributed by atoms with Crippen molar-refractivity contribution < 1.29 is 4.79 Å². The Morgan fingerprint density at radius 1 is 1.19 bits per heavy atom. The molecule has 0 aliphatic carbocycles. The summed E-state index contributed by atoms with van der Waals surface area (Å²) in [6.07, 6.45) is 8.17. The lowest BCUT2D eigenvalue weighted by Gasteiger charge is -2.08. The summed E-state index contributed by atoms with van der Waals surface area (Å²) in [7, 11) is 0. The first kappa shape index (κ1) is 17.5. The van der Waals surface area contributed by atoms with Crippen molar-refractivity contribution in [3.8, 4) is 5.82 Å². The number of carbonyl (C=O) groups is 1. The number of allylic oxidation sites excluding steroid dienone is 1. The van der Waals surface area contributed by atoms with Crippen LogP contribution >= 0.6 is 0 Å². The van der Waals surface area contributed by atoms with Gasteiger partial charge >= 0.3 is 0 Å². The maximum absolute atomic E-state index is 12.2. The van der Waals surface area contributed by atoms with Crippen LogP contribution in [0.25, 0.3) is 5.82 Å². The number of hydrogen-bond donors (Lipinski definition) is 1. The number of rotatable bonds is 7. The zero-order valence-corrected chi connectivity index (χ0v) is 14.7. The Hall–Kier alpha value is -3.28. The second-order valence-corrected chi connectivity index (χ2v) is 6.02. The third-order valence-corrected chi connectivity index (χ3v) is 3.98. The zero-order valence-electron chi connectivity index (χ0n) is 14.7. The second-order valence-electron chi connectivity index (χ2n) is 6.02. The molecule has 0 saturated carbocycles. The largest absolute Gasteiger partial charge is 0.348 e. The average molecular weight is 347 g/mol. The minimum absolute atomic E-state index is 0.107. The molecule has 0 aliphatic rings.